The van der Waals surface area contributed by atoms with E-state index in [0.717, 1.165) is 9.13 Å². The van der Waals surface area contributed by atoms with Gasteiger partial charge in [-0.1, -0.05) is 11.6 Å². The lowest BCUT2D eigenvalue weighted by molar-refractivity contribution is 0.806. The van der Waals surface area contributed by atoms with Crippen molar-refractivity contribution in [3.05, 3.63) is 26.5 Å². The van der Waals surface area contributed by atoms with Crippen molar-refractivity contribution < 1.29 is 0 Å². The third kappa shape index (κ3) is 2.04. The first-order chi connectivity index (χ1) is 5.13. The number of rotatable bonds is 1. The Morgan fingerprint density at radius 1 is 1.73 bits per heavy atom. The van der Waals surface area contributed by atoms with Gasteiger partial charge in [0.2, 0.25) is 0 Å². The zero-order valence-electron chi connectivity index (χ0n) is 6.01. The molecule has 1 aromatic heterocycles. The van der Waals surface area contributed by atoms with Crippen LogP contribution in [0.25, 0.3) is 0 Å². The molecule has 0 aliphatic carbocycles. The molecule has 1 atom stereocenters. The van der Waals surface area contributed by atoms with Gasteiger partial charge < -0.3 is 5.73 Å². The monoisotopic (exact) mass is 282 g/mol. The highest BCUT2D eigenvalue weighted by Crippen LogP contribution is 2.23. The highest BCUT2D eigenvalue weighted by Gasteiger charge is 2.09. The maximum atomic E-state index is 5.83. The number of nitrogens with zero attached hydrogens (tertiary/aromatic N) is 1. The molecule has 1 rings (SSSR count). The average molecular weight is 283 g/mol. The number of hydrogen-bond acceptors (Lipinski definition) is 2. The van der Waals surface area contributed by atoms with Crippen LogP contribution in [-0.2, 0) is 0 Å². The highest BCUT2D eigenvalue weighted by molar-refractivity contribution is 14.1. The second kappa shape index (κ2) is 3.69. The first-order valence-electron chi connectivity index (χ1n) is 3.18. The Morgan fingerprint density at radius 2 is 2.36 bits per heavy atom. The lowest BCUT2D eigenvalue weighted by atomic mass is 10.2. The maximum Gasteiger partial charge on any atom is 0.134 e. The van der Waals surface area contributed by atoms with Crippen molar-refractivity contribution in [1.82, 2.24) is 4.98 Å². The summed E-state index contributed by atoms with van der Waals surface area (Å²) >= 11 is 8.03. The van der Waals surface area contributed by atoms with Crippen LogP contribution in [0, 0.1) is 3.57 Å². The van der Waals surface area contributed by atoms with Gasteiger partial charge >= 0.3 is 0 Å². The average Bonchev–Trinajstić information content (AvgIpc) is 1.85. The van der Waals surface area contributed by atoms with E-state index in [1.165, 1.54) is 0 Å². The van der Waals surface area contributed by atoms with E-state index in [1.54, 1.807) is 6.20 Å². The first kappa shape index (κ1) is 9.22. The minimum absolute atomic E-state index is 0.0527. The van der Waals surface area contributed by atoms with E-state index in [0.29, 0.717) is 5.15 Å². The van der Waals surface area contributed by atoms with E-state index >= 15 is 0 Å². The standard InChI is InChI=1S/C7H8ClIN2/c1-4(10)6-5(9)2-3-11-7(6)8/h2-4H,10H2,1H3. The van der Waals surface area contributed by atoms with E-state index < -0.39 is 0 Å². The minimum atomic E-state index is -0.0527. The van der Waals surface area contributed by atoms with Crippen LogP contribution in [0.2, 0.25) is 5.15 Å². The zero-order chi connectivity index (χ0) is 8.43. The van der Waals surface area contributed by atoms with Crippen molar-refractivity contribution in [3.63, 3.8) is 0 Å². The van der Waals surface area contributed by atoms with Gasteiger partial charge in [-0.3, -0.25) is 0 Å². The van der Waals surface area contributed by atoms with Crippen LogP contribution in [0.4, 0.5) is 0 Å². The van der Waals surface area contributed by atoms with Crippen LogP contribution in [-0.4, -0.2) is 4.98 Å². The van der Waals surface area contributed by atoms with E-state index in [4.69, 9.17) is 17.3 Å². The predicted molar refractivity (Wildman–Crippen MR) is 54.6 cm³/mol. The molecule has 4 heteroatoms. The van der Waals surface area contributed by atoms with Crippen LogP contribution < -0.4 is 5.73 Å². The summed E-state index contributed by atoms with van der Waals surface area (Å²) in [6.07, 6.45) is 1.68. The summed E-state index contributed by atoms with van der Waals surface area (Å²) in [4.78, 5) is 3.94. The second-order valence-corrected chi connectivity index (χ2v) is 3.81. The van der Waals surface area contributed by atoms with E-state index in [2.05, 4.69) is 27.6 Å². The van der Waals surface area contributed by atoms with Crippen molar-refractivity contribution in [2.75, 3.05) is 0 Å². The fraction of sp³-hybridized carbons (Fsp3) is 0.286. The van der Waals surface area contributed by atoms with Gasteiger partial charge in [0.15, 0.2) is 0 Å². The van der Waals surface area contributed by atoms with E-state index in [9.17, 15) is 0 Å². The Balaban J connectivity index is 3.21. The quantitative estimate of drug-likeness (QED) is 0.634. The topological polar surface area (TPSA) is 38.9 Å². The fourth-order valence-corrected chi connectivity index (χ4v) is 2.23. The highest BCUT2D eigenvalue weighted by atomic mass is 127. The van der Waals surface area contributed by atoms with Gasteiger partial charge in [-0.2, -0.15) is 0 Å². The third-order valence-corrected chi connectivity index (χ3v) is 2.59. The van der Waals surface area contributed by atoms with Crippen LogP contribution >= 0.6 is 34.2 Å². The molecule has 2 N–H and O–H groups in total. The molecule has 60 valence electrons. The third-order valence-electron chi connectivity index (χ3n) is 1.34. The molecule has 0 radical (unpaired) electrons. The van der Waals surface area contributed by atoms with Crippen molar-refractivity contribution >= 4 is 34.2 Å². The number of hydrogen-bond donors (Lipinski definition) is 1. The molecule has 1 unspecified atom stereocenters. The van der Waals surface area contributed by atoms with Crippen molar-refractivity contribution in [2.45, 2.75) is 13.0 Å². The summed E-state index contributed by atoms with van der Waals surface area (Å²) < 4.78 is 1.07. The molecule has 2 nitrogen and oxygen atoms in total. The predicted octanol–water partition coefficient (Wildman–Crippen LogP) is 2.36. The molecule has 0 fully saturated rings. The van der Waals surface area contributed by atoms with Crippen LogP contribution in [0.3, 0.4) is 0 Å². The number of aromatic nitrogens is 1. The molecule has 0 bridgehead atoms. The van der Waals surface area contributed by atoms with Gasteiger partial charge in [-0.25, -0.2) is 4.98 Å². The number of halogens is 2. The summed E-state index contributed by atoms with van der Waals surface area (Å²) in [6, 6.07) is 1.84. The molecule has 1 heterocycles. The number of pyridine rings is 1. The van der Waals surface area contributed by atoms with Crippen molar-refractivity contribution in [2.24, 2.45) is 5.73 Å². The Labute approximate surface area is 84.3 Å². The zero-order valence-corrected chi connectivity index (χ0v) is 8.93. The summed E-state index contributed by atoms with van der Waals surface area (Å²) in [5.41, 5.74) is 6.61. The maximum absolute atomic E-state index is 5.83. The van der Waals surface area contributed by atoms with E-state index in [-0.39, 0.29) is 6.04 Å². The molecule has 0 aliphatic heterocycles. The summed E-state index contributed by atoms with van der Waals surface area (Å²) in [7, 11) is 0. The molecule has 0 spiro atoms. The lowest BCUT2D eigenvalue weighted by Crippen LogP contribution is -2.08. The first-order valence-corrected chi connectivity index (χ1v) is 4.64. The molecule has 0 aromatic carbocycles. The summed E-state index contributed by atoms with van der Waals surface area (Å²) in [5.74, 6) is 0. The molecular formula is C7H8ClIN2. The smallest absolute Gasteiger partial charge is 0.134 e. The minimum Gasteiger partial charge on any atom is -0.324 e. The Bertz CT molecular complexity index is 242. The Morgan fingerprint density at radius 3 is 2.73 bits per heavy atom. The molecule has 0 saturated heterocycles. The van der Waals surface area contributed by atoms with Gasteiger partial charge in [-0.05, 0) is 35.6 Å². The molecule has 0 amide bonds. The SMILES string of the molecule is CC(N)c1c(I)ccnc1Cl. The van der Waals surface area contributed by atoms with Gasteiger partial charge in [0.1, 0.15) is 5.15 Å². The Hall–Kier alpha value is 0.130. The van der Waals surface area contributed by atoms with Crippen LogP contribution in [0.5, 0.6) is 0 Å². The number of nitrogens with two attached hydrogens (primary N) is 1. The van der Waals surface area contributed by atoms with Gasteiger partial charge in [0, 0.05) is 21.4 Å². The van der Waals surface area contributed by atoms with Gasteiger partial charge in [0.05, 0.1) is 0 Å². The molecule has 11 heavy (non-hydrogen) atoms. The molecular weight excluding hydrogens is 274 g/mol. The summed E-state index contributed by atoms with van der Waals surface area (Å²) in [6.45, 7) is 1.89. The van der Waals surface area contributed by atoms with E-state index in [1.807, 2.05) is 13.0 Å². The fourth-order valence-electron chi connectivity index (χ4n) is 0.831. The van der Waals surface area contributed by atoms with Gasteiger partial charge in [0.25, 0.3) is 0 Å². The molecule has 0 aliphatic rings. The Kier molecular flexibility index (Phi) is 3.09. The second-order valence-electron chi connectivity index (χ2n) is 2.29. The lowest BCUT2D eigenvalue weighted by Gasteiger charge is -2.08. The van der Waals surface area contributed by atoms with Crippen molar-refractivity contribution in [1.29, 1.82) is 0 Å². The van der Waals surface area contributed by atoms with Crippen LogP contribution in [0.1, 0.15) is 18.5 Å². The summed E-state index contributed by atoms with van der Waals surface area (Å²) in [5, 5.41) is 0.506. The van der Waals surface area contributed by atoms with Gasteiger partial charge in [-0.15, -0.1) is 0 Å². The largest absolute Gasteiger partial charge is 0.324 e. The molecule has 1 aromatic rings. The molecule has 0 saturated carbocycles. The van der Waals surface area contributed by atoms with Crippen molar-refractivity contribution in [3.8, 4) is 0 Å². The van der Waals surface area contributed by atoms with Crippen LogP contribution in [0.15, 0.2) is 12.3 Å². The normalized spacial score (nSPS) is 13.1.